The summed E-state index contributed by atoms with van der Waals surface area (Å²) < 4.78 is 7.02. The fourth-order valence-corrected chi connectivity index (χ4v) is 2.19. The van der Waals surface area contributed by atoms with Gasteiger partial charge in [0.2, 0.25) is 0 Å². The Kier molecular flexibility index (Phi) is 7.38. The summed E-state index contributed by atoms with van der Waals surface area (Å²) in [6.45, 7) is 8.87. The van der Waals surface area contributed by atoms with E-state index in [9.17, 15) is 0 Å². The molecule has 2 heteroatoms. The summed E-state index contributed by atoms with van der Waals surface area (Å²) >= 11 is 3.56. The van der Waals surface area contributed by atoms with Gasteiger partial charge in [0.15, 0.2) is 0 Å². The van der Waals surface area contributed by atoms with Crippen LogP contribution in [-0.2, 0) is 13.0 Å². The number of benzene rings is 2. The zero-order valence-electron chi connectivity index (χ0n) is 12.7. The second-order valence-corrected chi connectivity index (χ2v) is 5.19. The maximum Gasteiger partial charge on any atom is 0.124 e. The molecular weight excluding hydrogens is 312 g/mol. The van der Waals surface area contributed by atoms with Gasteiger partial charge in [-0.15, -0.1) is 0 Å². The van der Waals surface area contributed by atoms with Crippen LogP contribution in [0.4, 0.5) is 0 Å². The minimum Gasteiger partial charge on any atom is -0.489 e. The zero-order valence-corrected chi connectivity index (χ0v) is 14.3. The van der Waals surface area contributed by atoms with E-state index in [1.807, 2.05) is 32.0 Å². The Bertz CT molecular complexity index is 520. The minimum atomic E-state index is 0.614. The SMILES string of the molecule is CC.CCc1cc(C)c(Br)cc1OCc1ccccc1. The van der Waals surface area contributed by atoms with Gasteiger partial charge in [0.05, 0.1) is 0 Å². The molecule has 0 aliphatic heterocycles. The van der Waals surface area contributed by atoms with E-state index in [-0.39, 0.29) is 0 Å². The van der Waals surface area contributed by atoms with E-state index in [1.165, 1.54) is 16.7 Å². The number of hydrogen-bond acceptors (Lipinski definition) is 1. The Hall–Kier alpha value is -1.28. The fraction of sp³-hybridized carbons (Fsp3) is 0.333. The molecule has 0 aliphatic rings. The molecule has 0 unspecified atom stereocenters. The van der Waals surface area contributed by atoms with Crippen LogP contribution in [0.5, 0.6) is 5.75 Å². The van der Waals surface area contributed by atoms with Crippen LogP contribution in [0.3, 0.4) is 0 Å². The first kappa shape index (κ1) is 16.8. The molecule has 0 radical (unpaired) electrons. The van der Waals surface area contributed by atoms with Gasteiger partial charge in [0, 0.05) is 4.47 Å². The molecule has 0 N–H and O–H groups in total. The van der Waals surface area contributed by atoms with Crippen LogP contribution in [0.1, 0.15) is 37.5 Å². The molecule has 0 spiro atoms. The van der Waals surface area contributed by atoms with Crippen molar-refractivity contribution in [1.82, 2.24) is 0 Å². The lowest BCUT2D eigenvalue weighted by atomic mass is 10.1. The molecule has 2 aromatic rings. The van der Waals surface area contributed by atoms with Crippen LogP contribution >= 0.6 is 15.9 Å². The number of rotatable bonds is 4. The first-order chi connectivity index (χ1) is 9.70. The van der Waals surface area contributed by atoms with Crippen molar-refractivity contribution in [1.29, 1.82) is 0 Å². The molecule has 0 amide bonds. The molecule has 0 aliphatic carbocycles. The van der Waals surface area contributed by atoms with Gasteiger partial charge in [-0.05, 0) is 36.1 Å². The van der Waals surface area contributed by atoms with Crippen molar-refractivity contribution in [3.05, 3.63) is 63.6 Å². The lowest BCUT2D eigenvalue weighted by molar-refractivity contribution is 0.303. The molecule has 0 bridgehead atoms. The molecule has 0 fully saturated rings. The standard InChI is InChI=1S/C16H17BrO.C2H6/c1-3-14-9-12(2)15(17)10-16(14)18-11-13-7-5-4-6-8-13;1-2/h4-10H,3,11H2,1-2H3;1-2H3. The summed E-state index contributed by atoms with van der Waals surface area (Å²) in [5.41, 5.74) is 3.70. The van der Waals surface area contributed by atoms with Gasteiger partial charge in [-0.2, -0.15) is 0 Å². The molecule has 0 saturated carbocycles. The number of hydrogen-bond donors (Lipinski definition) is 0. The predicted molar refractivity (Wildman–Crippen MR) is 90.4 cm³/mol. The van der Waals surface area contributed by atoms with Gasteiger partial charge in [0.1, 0.15) is 12.4 Å². The van der Waals surface area contributed by atoms with Gasteiger partial charge in [0.25, 0.3) is 0 Å². The van der Waals surface area contributed by atoms with Crippen LogP contribution < -0.4 is 4.74 Å². The van der Waals surface area contributed by atoms with Gasteiger partial charge in [-0.3, -0.25) is 0 Å². The molecule has 0 atom stereocenters. The highest BCUT2D eigenvalue weighted by atomic mass is 79.9. The summed E-state index contributed by atoms with van der Waals surface area (Å²) in [5.74, 6) is 0.971. The normalized spacial score (nSPS) is 9.65. The predicted octanol–water partition coefficient (Wildman–Crippen LogP) is 5.93. The number of halogens is 1. The highest BCUT2D eigenvalue weighted by Gasteiger charge is 2.06. The summed E-state index contributed by atoms with van der Waals surface area (Å²) in [7, 11) is 0. The van der Waals surface area contributed by atoms with Gasteiger partial charge in [-0.25, -0.2) is 0 Å². The molecule has 108 valence electrons. The maximum absolute atomic E-state index is 5.92. The molecule has 0 saturated heterocycles. The molecule has 20 heavy (non-hydrogen) atoms. The van der Waals surface area contributed by atoms with E-state index >= 15 is 0 Å². The van der Waals surface area contributed by atoms with E-state index in [0.717, 1.165) is 16.6 Å². The Morgan fingerprint density at radius 3 is 2.30 bits per heavy atom. The van der Waals surface area contributed by atoms with E-state index in [0.29, 0.717) is 6.61 Å². The summed E-state index contributed by atoms with van der Waals surface area (Å²) in [6, 6.07) is 14.5. The van der Waals surface area contributed by atoms with Crippen LogP contribution in [0.25, 0.3) is 0 Å². The van der Waals surface area contributed by atoms with Crippen molar-refractivity contribution in [2.24, 2.45) is 0 Å². The number of ether oxygens (including phenoxy) is 1. The smallest absolute Gasteiger partial charge is 0.124 e. The largest absolute Gasteiger partial charge is 0.489 e. The average Bonchev–Trinajstić information content (AvgIpc) is 2.51. The highest BCUT2D eigenvalue weighted by Crippen LogP contribution is 2.28. The average molecular weight is 335 g/mol. The lowest BCUT2D eigenvalue weighted by Gasteiger charge is -2.12. The monoisotopic (exact) mass is 334 g/mol. The molecule has 1 nitrogen and oxygen atoms in total. The van der Waals surface area contributed by atoms with Crippen molar-refractivity contribution in [3.63, 3.8) is 0 Å². The summed E-state index contributed by atoms with van der Waals surface area (Å²) in [6.07, 6.45) is 0.984. The third-order valence-corrected chi connectivity index (χ3v) is 3.81. The highest BCUT2D eigenvalue weighted by molar-refractivity contribution is 9.10. The van der Waals surface area contributed by atoms with Crippen LogP contribution in [-0.4, -0.2) is 0 Å². The maximum atomic E-state index is 5.92. The summed E-state index contributed by atoms with van der Waals surface area (Å²) in [4.78, 5) is 0. The van der Waals surface area contributed by atoms with E-state index in [2.05, 4.69) is 54.0 Å². The van der Waals surface area contributed by atoms with Gasteiger partial charge >= 0.3 is 0 Å². The fourth-order valence-electron chi connectivity index (χ4n) is 1.87. The quantitative estimate of drug-likeness (QED) is 0.673. The zero-order chi connectivity index (χ0) is 15.0. The van der Waals surface area contributed by atoms with Gasteiger partial charge in [-0.1, -0.05) is 73.1 Å². The number of aryl methyl sites for hydroxylation is 2. The molecule has 0 aromatic heterocycles. The van der Waals surface area contributed by atoms with Crippen molar-refractivity contribution in [2.45, 2.75) is 40.7 Å². The van der Waals surface area contributed by atoms with E-state index in [4.69, 9.17) is 4.74 Å². The van der Waals surface area contributed by atoms with E-state index < -0.39 is 0 Å². The lowest BCUT2D eigenvalue weighted by Crippen LogP contribution is -1.99. The van der Waals surface area contributed by atoms with Crippen molar-refractivity contribution in [2.75, 3.05) is 0 Å². The Morgan fingerprint density at radius 2 is 1.70 bits per heavy atom. The minimum absolute atomic E-state index is 0.614. The summed E-state index contributed by atoms with van der Waals surface area (Å²) in [5, 5.41) is 0. The van der Waals surface area contributed by atoms with Crippen LogP contribution in [0.15, 0.2) is 46.9 Å². The first-order valence-electron chi connectivity index (χ1n) is 7.16. The van der Waals surface area contributed by atoms with Crippen molar-refractivity contribution < 1.29 is 4.74 Å². The third-order valence-electron chi connectivity index (χ3n) is 2.96. The Morgan fingerprint density at radius 1 is 1.05 bits per heavy atom. The van der Waals surface area contributed by atoms with Crippen LogP contribution in [0.2, 0.25) is 0 Å². The van der Waals surface area contributed by atoms with E-state index in [1.54, 1.807) is 0 Å². The topological polar surface area (TPSA) is 9.23 Å². The Balaban J connectivity index is 0.000000956. The molecular formula is C18H23BrO. The van der Waals surface area contributed by atoms with Crippen LogP contribution in [0, 0.1) is 6.92 Å². The van der Waals surface area contributed by atoms with Crippen molar-refractivity contribution >= 4 is 15.9 Å². The molecule has 2 rings (SSSR count). The second kappa shape index (κ2) is 8.80. The third kappa shape index (κ3) is 4.68. The van der Waals surface area contributed by atoms with Gasteiger partial charge < -0.3 is 4.74 Å². The molecule has 2 aromatic carbocycles. The molecule has 0 heterocycles. The van der Waals surface area contributed by atoms with Crippen molar-refractivity contribution in [3.8, 4) is 5.75 Å². The Labute approximate surface area is 131 Å². The second-order valence-electron chi connectivity index (χ2n) is 4.34. The first-order valence-corrected chi connectivity index (χ1v) is 7.95.